The van der Waals surface area contributed by atoms with E-state index in [9.17, 15) is 0 Å². The number of halogens is 1. The van der Waals surface area contributed by atoms with Crippen LogP contribution in [-0.4, -0.2) is 6.61 Å². The Morgan fingerprint density at radius 3 is 2.69 bits per heavy atom. The van der Waals surface area contributed by atoms with Gasteiger partial charge in [0, 0.05) is 0 Å². The number of hydrogen-bond donors (Lipinski definition) is 0. The molecule has 0 amide bonds. The zero-order valence-electron chi connectivity index (χ0n) is 8.01. The molecule has 0 saturated carbocycles. The molecule has 0 bridgehead atoms. The van der Waals surface area contributed by atoms with Gasteiger partial charge in [0.2, 0.25) is 0 Å². The van der Waals surface area contributed by atoms with Crippen molar-refractivity contribution in [1.82, 2.24) is 0 Å². The third-order valence-electron chi connectivity index (χ3n) is 1.82. The number of benzene rings is 1. The first-order chi connectivity index (χ1) is 6.15. The summed E-state index contributed by atoms with van der Waals surface area (Å²) in [7, 11) is 0. The van der Waals surface area contributed by atoms with Crippen molar-refractivity contribution in [2.24, 2.45) is 0 Å². The lowest BCUT2D eigenvalue weighted by Gasteiger charge is -2.09. The van der Waals surface area contributed by atoms with Crippen LogP contribution in [0.5, 0.6) is 5.75 Å². The minimum Gasteiger partial charge on any atom is -0.492 e. The van der Waals surface area contributed by atoms with E-state index in [1.165, 1.54) is 0 Å². The van der Waals surface area contributed by atoms with Crippen molar-refractivity contribution in [1.29, 1.82) is 0 Å². The van der Waals surface area contributed by atoms with Gasteiger partial charge < -0.3 is 4.74 Å². The second kappa shape index (κ2) is 4.52. The van der Waals surface area contributed by atoms with Crippen LogP contribution in [0.15, 0.2) is 18.2 Å². The summed E-state index contributed by atoms with van der Waals surface area (Å²) in [5.74, 6) is 1.00. The van der Waals surface area contributed by atoms with Crippen LogP contribution in [0.4, 0.5) is 0 Å². The Bertz CT molecular complexity index is 281. The van der Waals surface area contributed by atoms with Gasteiger partial charge in [0.05, 0.1) is 11.6 Å². The zero-order valence-corrected chi connectivity index (χ0v) is 8.77. The van der Waals surface area contributed by atoms with Crippen molar-refractivity contribution < 1.29 is 4.74 Å². The predicted molar refractivity (Wildman–Crippen MR) is 56.4 cm³/mol. The minimum absolute atomic E-state index is 0.258. The van der Waals surface area contributed by atoms with Crippen molar-refractivity contribution in [2.75, 3.05) is 6.61 Å². The first-order valence-electron chi connectivity index (χ1n) is 4.40. The molecule has 1 radical (unpaired) electrons. The van der Waals surface area contributed by atoms with Crippen LogP contribution in [0.3, 0.4) is 0 Å². The topological polar surface area (TPSA) is 9.23 Å². The van der Waals surface area contributed by atoms with E-state index >= 15 is 0 Å². The normalized spacial score (nSPS) is 10.5. The lowest BCUT2D eigenvalue weighted by atomic mass is 10.0. The summed E-state index contributed by atoms with van der Waals surface area (Å²) < 4.78 is 5.32. The molecule has 1 rings (SSSR count). The maximum Gasteiger partial charge on any atom is 0.137 e. The highest BCUT2D eigenvalue weighted by Crippen LogP contribution is 2.28. The smallest absolute Gasteiger partial charge is 0.137 e. The van der Waals surface area contributed by atoms with Gasteiger partial charge in [0.25, 0.3) is 0 Å². The molecular weight excluding hydrogens is 184 g/mol. The van der Waals surface area contributed by atoms with Crippen LogP contribution in [-0.2, 0) is 0 Å². The van der Waals surface area contributed by atoms with Gasteiger partial charge in [-0.3, -0.25) is 0 Å². The minimum atomic E-state index is 0.258. The third-order valence-corrected chi connectivity index (χ3v) is 2.12. The molecule has 0 spiro atoms. The monoisotopic (exact) mass is 197 g/mol. The van der Waals surface area contributed by atoms with Crippen molar-refractivity contribution in [3.8, 4) is 5.75 Å². The molecule has 0 aliphatic heterocycles. The molecule has 1 unspecified atom stereocenters. The predicted octanol–water partition coefficient (Wildman–Crippen LogP) is 3.68. The third kappa shape index (κ3) is 2.63. The fourth-order valence-electron chi connectivity index (χ4n) is 1.10. The lowest BCUT2D eigenvalue weighted by Crippen LogP contribution is -1.94. The van der Waals surface area contributed by atoms with Gasteiger partial charge in [-0.2, -0.15) is 0 Å². The van der Waals surface area contributed by atoms with Crippen LogP contribution in [0, 0.1) is 6.92 Å². The largest absolute Gasteiger partial charge is 0.492 e. The van der Waals surface area contributed by atoms with E-state index < -0.39 is 0 Å². The summed E-state index contributed by atoms with van der Waals surface area (Å²) >= 11 is 6.00. The fraction of sp³-hybridized carbons (Fsp3) is 0.364. The number of rotatable bonds is 3. The lowest BCUT2D eigenvalue weighted by molar-refractivity contribution is 0.340. The first-order valence-corrected chi connectivity index (χ1v) is 4.78. The fourth-order valence-corrected chi connectivity index (χ4v) is 1.34. The second-order valence-corrected chi connectivity index (χ2v) is 3.43. The van der Waals surface area contributed by atoms with Gasteiger partial charge >= 0.3 is 0 Å². The number of hydrogen-bond acceptors (Lipinski definition) is 1. The Balaban J connectivity index is 2.92. The molecule has 0 N–H and O–H groups in total. The summed E-state index contributed by atoms with van der Waals surface area (Å²) in [5.41, 5.74) is 1.13. The summed E-state index contributed by atoms with van der Waals surface area (Å²) in [5, 5.41) is 0.662. The van der Waals surface area contributed by atoms with E-state index in [-0.39, 0.29) is 5.92 Å². The van der Waals surface area contributed by atoms with Crippen molar-refractivity contribution in [2.45, 2.75) is 19.8 Å². The van der Waals surface area contributed by atoms with Gasteiger partial charge in [-0.15, -0.1) is 0 Å². The van der Waals surface area contributed by atoms with Gasteiger partial charge in [-0.25, -0.2) is 0 Å². The van der Waals surface area contributed by atoms with Crippen molar-refractivity contribution in [3.63, 3.8) is 0 Å². The van der Waals surface area contributed by atoms with Crippen molar-refractivity contribution in [3.05, 3.63) is 35.7 Å². The van der Waals surface area contributed by atoms with Crippen LogP contribution in [0.2, 0.25) is 5.02 Å². The van der Waals surface area contributed by atoms with Crippen LogP contribution < -0.4 is 4.74 Å². The molecule has 1 aromatic rings. The zero-order chi connectivity index (χ0) is 9.84. The first kappa shape index (κ1) is 10.4. The van der Waals surface area contributed by atoms with Gasteiger partial charge in [0.1, 0.15) is 5.75 Å². The average molecular weight is 198 g/mol. The maximum atomic E-state index is 6.00. The Kier molecular flexibility index (Phi) is 3.61. The molecule has 2 heteroatoms. The summed E-state index contributed by atoms with van der Waals surface area (Å²) in [4.78, 5) is 0. The molecule has 0 aromatic heterocycles. The molecule has 0 fully saturated rings. The summed E-state index contributed by atoms with van der Waals surface area (Å²) in [6, 6.07) is 5.79. The highest BCUT2D eigenvalue weighted by Gasteiger charge is 2.04. The van der Waals surface area contributed by atoms with Crippen LogP contribution >= 0.6 is 11.6 Å². The van der Waals surface area contributed by atoms with E-state index in [0.717, 1.165) is 11.3 Å². The van der Waals surface area contributed by atoms with Gasteiger partial charge in [0.15, 0.2) is 0 Å². The Morgan fingerprint density at radius 1 is 1.54 bits per heavy atom. The summed E-state index contributed by atoms with van der Waals surface area (Å²) in [6.45, 7) is 8.54. The Morgan fingerprint density at radius 2 is 2.23 bits per heavy atom. The molecule has 71 valence electrons. The number of ether oxygens (including phenoxy) is 1. The second-order valence-electron chi connectivity index (χ2n) is 3.02. The average Bonchev–Trinajstić information content (AvgIpc) is 2.08. The van der Waals surface area contributed by atoms with Crippen LogP contribution in [0.1, 0.15) is 25.3 Å². The Labute approximate surface area is 84.7 Å². The molecule has 1 aromatic carbocycles. The van der Waals surface area contributed by atoms with E-state index in [0.29, 0.717) is 11.6 Å². The Hall–Kier alpha value is -0.690. The van der Waals surface area contributed by atoms with E-state index in [2.05, 4.69) is 6.92 Å². The highest BCUT2D eigenvalue weighted by atomic mass is 35.5. The van der Waals surface area contributed by atoms with E-state index in [4.69, 9.17) is 16.3 Å². The highest BCUT2D eigenvalue weighted by molar-refractivity contribution is 6.32. The molecule has 0 aliphatic carbocycles. The molecule has 0 aliphatic rings. The molecular formula is C11H14ClO. The maximum absolute atomic E-state index is 6.00. The molecule has 1 atom stereocenters. The molecule has 1 nitrogen and oxygen atoms in total. The SMILES string of the molecule is [CH2]C(C)c1ccc(OCC)c(Cl)c1. The van der Waals surface area contributed by atoms with Crippen LogP contribution in [0.25, 0.3) is 0 Å². The summed E-state index contributed by atoms with van der Waals surface area (Å²) in [6.07, 6.45) is 0. The quantitative estimate of drug-likeness (QED) is 0.719. The molecule has 13 heavy (non-hydrogen) atoms. The van der Waals surface area contributed by atoms with E-state index in [1.807, 2.05) is 32.0 Å². The standard InChI is InChI=1S/C11H14ClO/c1-4-13-11-6-5-9(8(2)3)7-10(11)12/h5-8H,2,4H2,1,3H3. The molecule has 0 saturated heterocycles. The van der Waals surface area contributed by atoms with Gasteiger partial charge in [-0.1, -0.05) is 24.6 Å². The van der Waals surface area contributed by atoms with Gasteiger partial charge in [-0.05, 0) is 37.5 Å². The van der Waals surface area contributed by atoms with Crippen molar-refractivity contribution >= 4 is 11.6 Å². The van der Waals surface area contributed by atoms with E-state index in [1.54, 1.807) is 0 Å². The molecule has 0 heterocycles.